The molecule has 0 saturated carbocycles. The molecule has 0 fully saturated rings. The van der Waals surface area contributed by atoms with E-state index in [2.05, 4.69) is 69.1 Å². The number of unbranched alkanes of at least 4 members (excludes halogenated alkanes) is 57. The molecule has 0 heterocycles. The fourth-order valence-electron chi connectivity index (χ4n) is 11.7. The fourth-order valence-corrected chi connectivity index (χ4v) is 14.8. The zero-order valence-corrected chi connectivity index (χ0v) is 71.9. The van der Waals surface area contributed by atoms with Gasteiger partial charge in [0.15, 0.2) is 0 Å². The van der Waals surface area contributed by atoms with Crippen LogP contribution in [0.3, 0.4) is 0 Å². The predicted molar refractivity (Wildman–Crippen MR) is 436 cm³/mol. The van der Waals surface area contributed by atoms with Gasteiger partial charge < -0.3 is 40.7 Å². The number of hydrogen-bond acceptors (Lipinski definition) is 10. The smallest absolute Gasteiger partial charge is 0.312 e. The molecule has 0 spiro atoms. The second-order valence-corrected chi connectivity index (χ2v) is 32.0. The number of rotatable bonds is 84. The molecule has 0 N–H and O–H groups in total. The topological polar surface area (TPSA) is 100 Å². The van der Waals surface area contributed by atoms with Crippen molar-refractivity contribution in [2.24, 2.45) is 0 Å². The molecule has 0 aromatic heterocycles. The molecular weight excluding hydrogens is 1330 g/mol. The molecule has 0 unspecified atom stereocenters. The molecule has 0 bridgehead atoms. The molecular formula is C85H177NiO10P3. The van der Waals surface area contributed by atoms with E-state index in [1.165, 1.54) is 366 Å². The summed E-state index contributed by atoms with van der Waals surface area (Å²) in [4.78, 5) is 7.50. The first-order chi connectivity index (χ1) is 48.5. The van der Waals surface area contributed by atoms with Crippen molar-refractivity contribution in [3.05, 3.63) is 0 Å². The zero-order valence-electron chi connectivity index (χ0n) is 68.3. The SMILES string of the molecule is CCCCCCCCCCOP(OCCCCCCCC)OCCCCCCCCCC.CCCCCCCCCCOP(OCCCCCCCC)OCCCCCCCCCC.CCCCCCCCCCOP(OCCCCCCCC)OCCCCCCCCCC.[C]=O.[Ni]. The maximum Gasteiger partial charge on any atom is 0.332 e. The number of carbonyl (C=O) groups excluding carboxylic acids is 1. The summed E-state index contributed by atoms with van der Waals surface area (Å²) < 4.78 is 54.2. The van der Waals surface area contributed by atoms with Gasteiger partial charge in [-0.1, -0.05) is 428 Å². The molecule has 0 amide bonds. The van der Waals surface area contributed by atoms with Crippen molar-refractivity contribution in [1.29, 1.82) is 0 Å². The van der Waals surface area contributed by atoms with E-state index in [-0.39, 0.29) is 16.5 Å². The summed E-state index contributed by atoms with van der Waals surface area (Å²) in [5, 5.41) is 0. The molecule has 0 aromatic rings. The summed E-state index contributed by atoms with van der Waals surface area (Å²) in [6.07, 6.45) is 86.9. The molecule has 602 valence electrons. The molecule has 0 aromatic carbocycles. The van der Waals surface area contributed by atoms with E-state index in [0.717, 1.165) is 117 Å². The van der Waals surface area contributed by atoms with Crippen LogP contribution in [0.1, 0.15) is 486 Å². The molecule has 0 atom stereocenters. The van der Waals surface area contributed by atoms with Crippen molar-refractivity contribution in [3.8, 4) is 0 Å². The van der Waals surface area contributed by atoms with Gasteiger partial charge in [0, 0.05) is 16.5 Å². The van der Waals surface area contributed by atoms with Gasteiger partial charge in [0.25, 0.3) is 6.79 Å². The Bertz CT molecular complexity index is 1090. The molecule has 0 saturated heterocycles. The maximum absolute atomic E-state index is 7.50. The van der Waals surface area contributed by atoms with Crippen LogP contribution in [0.4, 0.5) is 0 Å². The molecule has 14 heteroatoms. The minimum absolute atomic E-state index is 0. The van der Waals surface area contributed by atoms with Crippen LogP contribution in [-0.4, -0.2) is 66.3 Å². The Labute approximate surface area is 636 Å². The molecule has 0 aliphatic carbocycles. The first-order valence-corrected chi connectivity index (χ1v) is 47.1. The van der Waals surface area contributed by atoms with Crippen molar-refractivity contribution < 1.29 is 62.0 Å². The van der Waals surface area contributed by atoms with Gasteiger partial charge in [-0.05, 0) is 57.8 Å². The maximum atomic E-state index is 7.50. The van der Waals surface area contributed by atoms with Crippen molar-refractivity contribution in [3.63, 3.8) is 0 Å². The first-order valence-electron chi connectivity index (χ1n) is 43.8. The van der Waals surface area contributed by atoms with Gasteiger partial charge >= 0.3 is 25.8 Å². The van der Waals surface area contributed by atoms with E-state index >= 15 is 0 Å². The average Bonchev–Trinajstić information content (AvgIpc) is 3.79. The van der Waals surface area contributed by atoms with Crippen molar-refractivity contribution in [2.45, 2.75) is 486 Å². The Kier molecular flexibility index (Phi) is 118. The Hall–Kier alpha value is 1.09. The summed E-state index contributed by atoms with van der Waals surface area (Å²) in [7, 11) is -3.46. The van der Waals surface area contributed by atoms with E-state index in [0.29, 0.717) is 0 Å². The third-order valence-electron chi connectivity index (χ3n) is 18.3. The van der Waals surface area contributed by atoms with Crippen LogP contribution in [0.15, 0.2) is 0 Å². The minimum atomic E-state index is -1.15. The quantitative estimate of drug-likeness (QED) is 0.0332. The molecule has 10 nitrogen and oxygen atoms in total. The second-order valence-electron chi connectivity index (χ2n) is 28.3. The van der Waals surface area contributed by atoms with Gasteiger partial charge in [0.1, 0.15) is 0 Å². The van der Waals surface area contributed by atoms with Crippen LogP contribution in [0.5, 0.6) is 0 Å². The summed E-state index contributed by atoms with van der Waals surface area (Å²) >= 11 is 0. The van der Waals surface area contributed by atoms with Crippen LogP contribution in [0.2, 0.25) is 0 Å². The van der Waals surface area contributed by atoms with Crippen molar-refractivity contribution >= 4 is 32.6 Å². The van der Waals surface area contributed by atoms with Crippen LogP contribution in [-0.2, 0) is 62.0 Å². The monoisotopic (exact) mass is 1510 g/mol. The van der Waals surface area contributed by atoms with Crippen LogP contribution >= 0.6 is 25.8 Å². The van der Waals surface area contributed by atoms with Gasteiger partial charge in [-0.25, -0.2) is 0 Å². The number of hydrogen-bond donors (Lipinski definition) is 0. The Morgan fingerprint density at radius 3 is 0.293 bits per heavy atom. The average molecular weight is 1510 g/mol. The summed E-state index contributed by atoms with van der Waals surface area (Å²) in [6, 6.07) is 0. The molecule has 0 rings (SSSR count). The van der Waals surface area contributed by atoms with Gasteiger partial charge in [-0.3, -0.25) is 4.79 Å². The third-order valence-corrected chi connectivity index (χ3v) is 21.8. The van der Waals surface area contributed by atoms with Crippen molar-refractivity contribution in [2.75, 3.05) is 59.5 Å². The third kappa shape index (κ3) is 106. The van der Waals surface area contributed by atoms with Gasteiger partial charge in [-0.2, -0.15) is 0 Å². The summed E-state index contributed by atoms with van der Waals surface area (Å²) in [6.45, 7) is 32.0. The normalized spacial score (nSPS) is 11.3. The first kappa shape index (κ1) is 109. The van der Waals surface area contributed by atoms with E-state index < -0.39 is 25.8 Å². The second kappa shape index (κ2) is 108. The van der Waals surface area contributed by atoms with E-state index in [1.54, 1.807) is 0 Å². The minimum Gasteiger partial charge on any atom is -0.312 e. The molecule has 0 aliphatic heterocycles. The van der Waals surface area contributed by atoms with Crippen molar-refractivity contribution in [1.82, 2.24) is 0 Å². The zero-order chi connectivity index (χ0) is 72.1. The van der Waals surface area contributed by atoms with Gasteiger partial charge in [0.2, 0.25) is 0 Å². The van der Waals surface area contributed by atoms with E-state index in [1.807, 2.05) is 0 Å². The Morgan fingerprint density at radius 2 is 0.212 bits per heavy atom. The molecule has 99 heavy (non-hydrogen) atoms. The van der Waals surface area contributed by atoms with Gasteiger partial charge in [-0.15, -0.1) is 0 Å². The van der Waals surface area contributed by atoms with Crippen LogP contribution < -0.4 is 0 Å². The van der Waals surface area contributed by atoms with E-state index in [4.69, 9.17) is 45.5 Å². The van der Waals surface area contributed by atoms with Crippen LogP contribution in [0.25, 0.3) is 0 Å². The standard InChI is InChI=1S/3C28H59O3P.CO.Ni/c3*1-4-7-10-13-16-18-21-24-27-30-32(29-26-23-20-15-12-9-6-3)31-28-25-22-19-17-14-11-8-5-2;1-2;/h3*4-28H2,1-3H3;;. The summed E-state index contributed by atoms with van der Waals surface area (Å²) in [5.41, 5.74) is 0. The van der Waals surface area contributed by atoms with Crippen LogP contribution in [0, 0.1) is 0 Å². The molecule has 2 radical (unpaired) electrons. The Balaban J connectivity index is -0.000000438. The predicted octanol–water partition coefficient (Wildman–Crippen LogP) is 32.3. The summed E-state index contributed by atoms with van der Waals surface area (Å²) in [5.74, 6) is 0. The Morgan fingerprint density at radius 1 is 0.141 bits per heavy atom. The van der Waals surface area contributed by atoms with E-state index in [9.17, 15) is 0 Å². The largest absolute Gasteiger partial charge is 0.332 e. The van der Waals surface area contributed by atoms with Gasteiger partial charge in [0.05, 0.1) is 59.5 Å². The fraction of sp³-hybridized carbons (Fsp3) is 0.988. The molecule has 0 aliphatic rings.